The molecule has 0 unspecified atom stereocenters. The first kappa shape index (κ1) is 22.4. The van der Waals surface area contributed by atoms with Gasteiger partial charge in [-0.05, 0) is 31.4 Å². The Morgan fingerprint density at radius 2 is 1.38 bits per heavy atom. The first-order valence-corrected chi connectivity index (χ1v) is 10.6. The number of carbonyl (C=O) groups excluding carboxylic acids is 1. The zero-order chi connectivity index (χ0) is 19.0. The second-order valence-corrected chi connectivity index (χ2v) is 7.13. The standard InChI is InChI=1S/C23H37NO2/c1-3-5-7-8-9-10-11-12-13-19-23(25)26-22-18-15-14-16-20(22)21(24)17-6-4-2/h14-16,18,24H,3-13,17,19H2,1-2H3. The molecule has 0 spiro atoms. The molecule has 146 valence electrons. The van der Waals surface area contributed by atoms with Gasteiger partial charge in [0.25, 0.3) is 0 Å². The van der Waals surface area contributed by atoms with Crippen LogP contribution in [-0.4, -0.2) is 11.7 Å². The molecular formula is C23H37NO2. The number of nitrogens with one attached hydrogen (secondary N) is 1. The van der Waals surface area contributed by atoms with E-state index in [1.165, 1.54) is 44.9 Å². The van der Waals surface area contributed by atoms with E-state index in [1.807, 2.05) is 18.2 Å². The third-order valence-corrected chi connectivity index (χ3v) is 4.70. The lowest BCUT2D eigenvalue weighted by molar-refractivity contribution is -0.134. The van der Waals surface area contributed by atoms with E-state index in [0.29, 0.717) is 17.9 Å². The highest BCUT2D eigenvalue weighted by Gasteiger charge is 2.12. The van der Waals surface area contributed by atoms with Crippen LogP contribution in [0, 0.1) is 5.41 Å². The fourth-order valence-corrected chi connectivity index (χ4v) is 3.05. The van der Waals surface area contributed by atoms with Crippen LogP contribution in [0.4, 0.5) is 0 Å². The maximum Gasteiger partial charge on any atom is 0.311 e. The van der Waals surface area contributed by atoms with Crippen LogP contribution < -0.4 is 4.74 Å². The smallest absolute Gasteiger partial charge is 0.311 e. The second-order valence-electron chi connectivity index (χ2n) is 7.13. The summed E-state index contributed by atoms with van der Waals surface area (Å²) in [6, 6.07) is 7.43. The summed E-state index contributed by atoms with van der Waals surface area (Å²) < 4.78 is 5.54. The third-order valence-electron chi connectivity index (χ3n) is 4.70. The molecule has 0 heterocycles. The van der Waals surface area contributed by atoms with Crippen molar-refractivity contribution in [2.24, 2.45) is 0 Å². The van der Waals surface area contributed by atoms with Gasteiger partial charge in [-0.2, -0.15) is 0 Å². The van der Waals surface area contributed by atoms with E-state index in [4.69, 9.17) is 10.1 Å². The van der Waals surface area contributed by atoms with Gasteiger partial charge in [0, 0.05) is 17.7 Å². The van der Waals surface area contributed by atoms with Crippen LogP contribution in [0.3, 0.4) is 0 Å². The maximum atomic E-state index is 12.1. The van der Waals surface area contributed by atoms with Gasteiger partial charge in [-0.1, -0.05) is 83.8 Å². The van der Waals surface area contributed by atoms with E-state index in [1.54, 1.807) is 6.07 Å². The number of para-hydroxylation sites is 1. The fraction of sp³-hybridized carbons (Fsp3) is 0.652. The van der Waals surface area contributed by atoms with Crippen LogP contribution in [0.5, 0.6) is 5.75 Å². The number of unbranched alkanes of at least 4 members (excludes halogenated alkanes) is 9. The third kappa shape index (κ3) is 9.74. The highest BCUT2D eigenvalue weighted by atomic mass is 16.5. The van der Waals surface area contributed by atoms with Crippen LogP contribution in [0.2, 0.25) is 0 Å². The molecular weight excluding hydrogens is 322 g/mol. The monoisotopic (exact) mass is 359 g/mol. The van der Waals surface area contributed by atoms with Gasteiger partial charge in [-0.3, -0.25) is 4.79 Å². The van der Waals surface area contributed by atoms with Gasteiger partial charge in [0.15, 0.2) is 0 Å². The van der Waals surface area contributed by atoms with Gasteiger partial charge in [-0.15, -0.1) is 0 Å². The minimum atomic E-state index is -0.177. The molecule has 0 saturated carbocycles. The van der Waals surface area contributed by atoms with Crippen molar-refractivity contribution in [1.82, 2.24) is 0 Å². The van der Waals surface area contributed by atoms with Crippen LogP contribution in [0.25, 0.3) is 0 Å². The van der Waals surface area contributed by atoms with E-state index in [2.05, 4.69) is 13.8 Å². The quantitative estimate of drug-likeness (QED) is 0.157. The molecule has 0 radical (unpaired) electrons. The van der Waals surface area contributed by atoms with E-state index in [-0.39, 0.29) is 5.97 Å². The number of esters is 1. The molecule has 3 heteroatoms. The molecule has 0 aliphatic rings. The Balaban J connectivity index is 2.26. The van der Waals surface area contributed by atoms with E-state index >= 15 is 0 Å². The van der Waals surface area contributed by atoms with Gasteiger partial charge in [0.05, 0.1) is 0 Å². The zero-order valence-electron chi connectivity index (χ0n) is 16.8. The summed E-state index contributed by atoms with van der Waals surface area (Å²) in [4.78, 5) is 12.1. The Bertz CT molecular complexity index is 525. The van der Waals surface area contributed by atoms with Crippen molar-refractivity contribution in [3.63, 3.8) is 0 Å². The average molecular weight is 360 g/mol. The van der Waals surface area contributed by atoms with Crippen LogP contribution in [0.1, 0.15) is 103 Å². The van der Waals surface area contributed by atoms with Crippen molar-refractivity contribution in [3.05, 3.63) is 29.8 Å². The first-order chi connectivity index (χ1) is 12.7. The SMILES string of the molecule is CCCCCCCCCCCC(=O)Oc1ccccc1C(=N)CCCC. The Labute approximate surface area is 160 Å². The molecule has 26 heavy (non-hydrogen) atoms. The molecule has 0 aromatic heterocycles. The maximum absolute atomic E-state index is 12.1. The van der Waals surface area contributed by atoms with Gasteiger partial charge in [-0.25, -0.2) is 0 Å². The van der Waals surface area contributed by atoms with Crippen molar-refractivity contribution in [2.75, 3.05) is 0 Å². The Hall–Kier alpha value is -1.64. The highest BCUT2D eigenvalue weighted by Crippen LogP contribution is 2.21. The molecule has 0 saturated heterocycles. The normalized spacial score (nSPS) is 10.7. The van der Waals surface area contributed by atoms with Crippen molar-refractivity contribution < 1.29 is 9.53 Å². The molecule has 0 aliphatic carbocycles. The molecule has 1 N–H and O–H groups in total. The number of hydrogen-bond donors (Lipinski definition) is 1. The summed E-state index contributed by atoms with van der Waals surface area (Å²) in [5.74, 6) is 0.359. The Morgan fingerprint density at radius 1 is 0.808 bits per heavy atom. The molecule has 1 aromatic carbocycles. The summed E-state index contributed by atoms with van der Waals surface area (Å²) in [5.41, 5.74) is 1.31. The summed E-state index contributed by atoms with van der Waals surface area (Å²) in [6.45, 7) is 4.36. The summed E-state index contributed by atoms with van der Waals surface area (Å²) >= 11 is 0. The topological polar surface area (TPSA) is 50.2 Å². The average Bonchev–Trinajstić information content (AvgIpc) is 2.65. The summed E-state index contributed by atoms with van der Waals surface area (Å²) in [6.07, 6.45) is 14.4. The van der Waals surface area contributed by atoms with E-state index in [0.717, 1.165) is 37.7 Å². The first-order valence-electron chi connectivity index (χ1n) is 10.6. The predicted molar refractivity (Wildman–Crippen MR) is 110 cm³/mol. The van der Waals surface area contributed by atoms with E-state index in [9.17, 15) is 4.79 Å². The molecule has 0 fully saturated rings. The van der Waals surface area contributed by atoms with Gasteiger partial charge < -0.3 is 10.1 Å². The number of carbonyl (C=O) groups is 1. The molecule has 0 atom stereocenters. The molecule has 3 nitrogen and oxygen atoms in total. The van der Waals surface area contributed by atoms with Gasteiger partial charge in [0.2, 0.25) is 0 Å². The molecule has 0 bridgehead atoms. The Morgan fingerprint density at radius 3 is 2.04 bits per heavy atom. The summed E-state index contributed by atoms with van der Waals surface area (Å²) in [7, 11) is 0. The van der Waals surface area contributed by atoms with Gasteiger partial charge in [0.1, 0.15) is 5.75 Å². The predicted octanol–water partition coefficient (Wildman–Crippen LogP) is 7.07. The molecule has 1 rings (SSSR count). The van der Waals surface area contributed by atoms with Crippen LogP contribution >= 0.6 is 0 Å². The lowest BCUT2D eigenvalue weighted by atomic mass is 10.0. The van der Waals surface area contributed by atoms with E-state index < -0.39 is 0 Å². The molecule has 1 aromatic rings. The number of benzene rings is 1. The van der Waals surface area contributed by atoms with Gasteiger partial charge >= 0.3 is 5.97 Å². The number of hydrogen-bond acceptors (Lipinski definition) is 3. The highest BCUT2D eigenvalue weighted by molar-refractivity contribution is 6.01. The van der Waals surface area contributed by atoms with Crippen molar-refractivity contribution >= 4 is 11.7 Å². The largest absolute Gasteiger partial charge is 0.426 e. The van der Waals surface area contributed by atoms with Crippen LogP contribution in [0.15, 0.2) is 24.3 Å². The van der Waals surface area contributed by atoms with Crippen molar-refractivity contribution in [2.45, 2.75) is 97.3 Å². The molecule has 0 amide bonds. The lowest BCUT2D eigenvalue weighted by Gasteiger charge is -2.11. The van der Waals surface area contributed by atoms with Crippen molar-refractivity contribution in [1.29, 1.82) is 5.41 Å². The number of ether oxygens (including phenoxy) is 1. The second kappa shape index (κ2) is 14.5. The summed E-state index contributed by atoms with van der Waals surface area (Å²) in [5, 5.41) is 8.20. The fourth-order valence-electron chi connectivity index (χ4n) is 3.05. The minimum Gasteiger partial charge on any atom is -0.426 e. The zero-order valence-corrected chi connectivity index (χ0v) is 16.8. The number of rotatable bonds is 15. The van der Waals surface area contributed by atoms with Crippen molar-refractivity contribution in [3.8, 4) is 5.75 Å². The van der Waals surface area contributed by atoms with Crippen LogP contribution in [-0.2, 0) is 4.79 Å². The lowest BCUT2D eigenvalue weighted by Crippen LogP contribution is -2.11. The minimum absolute atomic E-state index is 0.177. The Kier molecular flexibility index (Phi) is 12.5. The molecule has 0 aliphatic heterocycles.